The van der Waals surface area contributed by atoms with E-state index in [1.807, 2.05) is 7.05 Å². The van der Waals surface area contributed by atoms with Gasteiger partial charge in [-0.05, 0) is 33.0 Å². The van der Waals surface area contributed by atoms with E-state index in [4.69, 9.17) is 18.9 Å². The zero-order valence-corrected chi connectivity index (χ0v) is 18.3. The van der Waals surface area contributed by atoms with Gasteiger partial charge in [0.25, 0.3) is 0 Å². The number of ether oxygens (including phenoxy) is 4. The van der Waals surface area contributed by atoms with E-state index >= 15 is 0 Å². The van der Waals surface area contributed by atoms with Crippen molar-refractivity contribution in [3.8, 4) is 0 Å². The predicted octanol–water partition coefficient (Wildman–Crippen LogP) is 0.853. The Morgan fingerprint density at radius 3 is 2.00 bits per heavy atom. The molecule has 1 aliphatic heterocycles. The lowest BCUT2D eigenvalue weighted by Crippen LogP contribution is -2.47. The summed E-state index contributed by atoms with van der Waals surface area (Å²) in [4.78, 5) is 15.0. The quantitative estimate of drug-likeness (QED) is 0.282. The molecule has 1 N–H and O–H groups in total. The minimum atomic E-state index is 0.604. The molecule has 0 amide bonds. The molecule has 0 bridgehead atoms. The summed E-state index contributed by atoms with van der Waals surface area (Å²) in [5.74, 6) is 0. The van der Waals surface area contributed by atoms with Gasteiger partial charge in [-0.1, -0.05) is 6.92 Å². The topological polar surface area (TPSA) is 72.5 Å². The lowest BCUT2D eigenvalue weighted by molar-refractivity contribution is -0.108. The first-order chi connectivity index (χ1) is 13.8. The number of hydrogen-bond acceptors (Lipinski definition) is 8. The Morgan fingerprint density at radius 1 is 0.857 bits per heavy atom. The fourth-order valence-electron chi connectivity index (χ4n) is 2.48. The lowest BCUT2D eigenvalue weighted by atomic mass is 10.2. The van der Waals surface area contributed by atoms with Gasteiger partial charge in [0.15, 0.2) is 0 Å². The summed E-state index contributed by atoms with van der Waals surface area (Å²) in [6.07, 6.45) is 3.55. The van der Waals surface area contributed by atoms with Crippen LogP contribution in [0.15, 0.2) is 0 Å². The summed E-state index contributed by atoms with van der Waals surface area (Å²) >= 11 is 0. The Hall–Kier alpha value is -0.610. The Morgan fingerprint density at radius 2 is 1.43 bits per heavy atom. The maximum absolute atomic E-state index is 10.3. The first kappa shape index (κ1) is 27.4. The minimum absolute atomic E-state index is 0.604. The van der Waals surface area contributed by atoms with Crippen LogP contribution in [0.25, 0.3) is 0 Å². The van der Waals surface area contributed by atoms with E-state index in [0.717, 1.165) is 71.6 Å². The second-order valence-electron chi connectivity index (χ2n) is 6.58. The normalized spacial score (nSPS) is 15.2. The number of rotatable bonds is 17. The van der Waals surface area contributed by atoms with E-state index in [1.54, 1.807) is 7.11 Å². The van der Waals surface area contributed by atoms with Crippen molar-refractivity contribution in [2.75, 3.05) is 99.8 Å². The van der Waals surface area contributed by atoms with Crippen molar-refractivity contribution in [1.29, 1.82) is 0 Å². The molecule has 8 heteroatoms. The smallest absolute Gasteiger partial charge is 0.120 e. The lowest BCUT2D eigenvalue weighted by Gasteiger charge is -2.34. The number of aldehydes is 1. The van der Waals surface area contributed by atoms with Crippen LogP contribution in [-0.4, -0.2) is 116 Å². The number of unbranched alkanes of at least 4 members (excludes halogenated alkanes) is 1. The van der Waals surface area contributed by atoms with Crippen molar-refractivity contribution in [3.63, 3.8) is 0 Å². The number of nitrogens with one attached hydrogen (secondary N) is 1. The van der Waals surface area contributed by atoms with Gasteiger partial charge in [-0.2, -0.15) is 0 Å². The van der Waals surface area contributed by atoms with Crippen LogP contribution in [0, 0.1) is 0 Å². The highest BCUT2D eigenvalue weighted by atomic mass is 16.5. The zero-order valence-electron chi connectivity index (χ0n) is 18.3. The Bertz CT molecular complexity index is 314. The van der Waals surface area contributed by atoms with Crippen molar-refractivity contribution in [1.82, 2.24) is 15.1 Å². The van der Waals surface area contributed by atoms with Crippen LogP contribution in [0.2, 0.25) is 0 Å². The molecule has 1 heterocycles. The Balaban J connectivity index is 0.00000165. The highest BCUT2D eigenvalue weighted by Gasteiger charge is 2.15. The third-order valence-electron chi connectivity index (χ3n) is 4.27. The zero-order chi connectivity index (χ0) is 20.7. The number of hydrogen-bond donors (Lipinski definition) is 1. The first-order valence-corrected chi connectivity index (χ1v) is 10.5. The molecule has 0 saturated carbocycles. The van der Waals surface area contributed by atoms with E-state index in [9.17, 15) is 4.79 Å². The molecular weight excluding hydrogens is 362 g/mol. The van der Waals surface area contributed by atoms with Gasteiger partial charge in [-0.25, -0.2) is 0 Å². The molecule has 1 saturated heterocycles. The number of carbonyl (C=O) groups excluding carboxylic acids is 1. The second kappa shape index (κ2) is 22.7. The number of carbonyl (C=O) groups is 1. The average Bonchev–Trinajstić information content (AvgIpc) is 2.73. The molecule has 8 nitrogen and oxygen atoms in total. The summed E-state index contributed by atoms with van der Waals surface area (Å²) in [5.41, 5.74) is 0. The molecule has 1 aliphatic rings. The molecule has 0 aromatic carbocycles. The highest BCUT2D eigenvalue weighted by Crippen LogP contribution is 2.03. The predicted molar refractivity (Wildman–Crippen MR) is 112 cm³/mol. The van der Waals surface area contributed by atoms with Crippen molar-refractivity contribution in [2.45, 2.75) is 26.2 Å². The van der Waals surface area contributed by atoms with Crippen molar-refractivity contribution in [2.24, 2.45) is 0 Å². The van der Waals surface area contributed by atoms with Gasteiger partial charge in [0.1, 0.15) is 6.29 Å². The maximum atomic E-state index is 10.3. The molecule has 168 valence electrons. The van der Waals surface area contributed by atoms with Gasteiger partial charge in [-0.3, -0.25) is 4.90 Å². The van der Waals surface area contributed by atoms with E-state index in [-0.39, 0.29) is 0 Å². The molecule has 0 aromatic heterocycles. The standard InChI is InChI=1S/C17H34N2O5.C3H9N/c1-21-11-4-12-22-13-14-23-15-16-24-17-19-8-6-18(7-9-19)5-2-3-10-20;1-3-4-2/h10H,2-9,11-17H2,1H3;4H,3H2,1-2H3. The SMILES string of the molecule is CCNC.COCCCOCCOCCOCN1CCN(CCCC=O)CC1. The monoisotopic (exact) mass is 405 g/mol. The third kappa shape index (κ3) is 18.7. The van der Waals surface area contributed by atoms with Gasteiger partial charge in [0.05, 0.1) is 33.2 Å². The maximum Gasteiger partial charge on any atom is 0.120 e. The van der Waals surface area contributed by atoms with Gasteiger partial charge in [0, 0.05) is 52.9 Å². The van der Waals surface area contributed by atoms with Gasteiger partial charge in [0.2, 0.25) is 0 Å². The summed E-state index contributed by atoms with van der Waals surface area (Å²) in [7, 11) is 3.62. The van der Waals surface area contributed by atoms with Crippen molar-refractivity contribution < 1.29 is 23.7 Å². The van der Waals surface area contributed by atoms with Crippen LogP contribution in [0.4, 0.5) is 0 Å². The summed E-state index contributed by atoms with van der Waals surface area (Å²) < 4.78 is 21.5. The first-order valence-electron chi connectivity index (χ1n) is 10.5. The van der Waals surface area contributed by atoms with E-state index in [1.165, 1.54) is 0 Å². The van der Waals surface area contributed by atoms with Gasteiger partial charge >= 0.3 is 0 Å². The van der Waals surface area contributed by atoms with Gasteiger partial charge < -0.3 is 34.0 Å². The third-order valence-corrected chi connectivity index (χ3v) is 4.27. The minimum Gasteiger partial charge on any atom is -0.385 e. The molecule has 1 rings (SSSR count). The highest BCUT2D eigenvalue weighted by molar-refractivity contribution is 5.48. The van der Waals surface area contributed by atoms with E-state index in [0.29, 0.717) is 39.6 Å². The average molecular weight is 406 g/mol. The molecular formula is C20H43N3O5. The molecule has 1 fully saturated rings. The van der Waals surface area contributed by atoms with Crippen molar-refractivity contribution in [3.05, 3.63) is 0 Å². The molecule has 0 unspecified atom stereocenters. The second-order valence-corrected chi connectivity index (χ2v) is 6.58. The van der Waals surface area contributed by atoms with Crippen LogP contribution in [0.3, 0.4) is 0 Å². The fraction of sp³-hybridized carbons (Fsp3) is 0.950. The molecule has 0 spiro atoms. The molecule has 0 atom stereocenters. The summed E-state index contributed by atoms with van der Waals surface area (Å²) in [6.45, 7) is 12.9. The number of nitrogens with zero attached hydrogens (tertiary/aromatic N) is 2. The van der Waals surface area contributed by atoms with E-state index < -0.39 is 0 Å². The van der Waals surface area contributed by atoms with Crippen LogP contribution < -0.4 is 5.32 Å². The van der Waals surface area contributed by atoms with Crippen LogP contribution in [-0.2, 0) is 23.7 Å². The number of methoxy groups -OCH3 is 1. The molecule has 0 aliphatic carbocycles. The molecule has 0 radical (unpaired) electrons. The van der Waals surface area contributed by atoms with Crippen LogP contribution in [0.5, 0.6) is 0 Å². The van der Waals surface area contributed by atoms with Gasteiger partial charge in [-0.15, -0.1) is 0 Å². The number of piperazine rings is 1. The fourth-order valence-corrected chi connectivity index (χ4v) is 2.48. The Labute approximate surface area is 171 Å². The van der Waals surface area contributed by atoms with Crippen LogP contribution >= 0.6 is 0 Å². The molecule has 28 heavy (non-hydrogen) atoms. The van der Waals surface area contributed by atoms with E-state index in [2.05, 4.69) is 22.0 Å². The van der Waals surface area contributed by atoms with Crippen molar-refractivity contribution >= 4 is 6.29 Å². The summed E-state index contributed by atoms with van der Waals surface area (Å²) in [6, 6.07) is 0. The Kier molecular flexibility index (Phi) is 22.2. The molecule has 0 aromatic rings. The van der Waals surface area contributed by atoms with Crippen LogP contribution in [0.1, 0.15) is 26.2 Å². The summed E-state index contributed by atoms with van der Waals surface area (Å²) in [5, 5.41) is 2.93. The largest absolute Gasteiger partial charge is 0.385 e.